The van der Waals surface area contributed by atoms with Gasteiger partial charge < -0.3 is 29.7 Å². The number of Topliss-reactive ketones (excluding diaryl/α,β-unsaturated/α-hetero) is 1. The van der Waals surface area contributed by atoms with Gasteiger partial charge in [0.05, 0.1) is 7.11 Å². The molecule has 3 aliphatic rings. The summed E-state index contributed by atoms with van der Waals surface area (Å²) in [6, 6.07) is -0.672. The van der Waals surface area contributed by atoms with Gasteiger partial charge in [-0.05, 0) is 77.7 Å². The van der Waals surface area contributed by atoms with Crippen LogP contribution in [0.3, 0.4) is 0 Å². The molecule has 0 amide bonds. The minimum atomic E-state index is -1.23. The number of methoxy groups -OCH3 is 1. The summed E-state index contributed by atoms with van der Waals surface area (Å²) in [5, 5.41) is 7.67. The number of ether oxygens (including phenoxy) is 2. The van der Waals surface area contributed by atoms with E-state index >= 15 is 0 Å². The molecule has 8 bridgehead atoms. The third kappa shape index (κ3) is 9.21. The van der Waals surface area contributed by atoms with Crippen LogP contribution in [0.25, 0.3) is 29.1 Å². The fourth-order valence-corrected chi connectivity index (χ4v) is 9.04. The molecule has 0 spiro atoms. The second kappa shape index (κ2) is 19.8. The molecule has 1 unspecified atom stereocenters. The second-order valence-electron chi connectivity index (χ2n) is 16.3. The van der Waals surface area contributed by atoms with Crippen molar-refractivity contribution in [3.05, 3.63) is 94.4 Å². The van der Waals surface area contributed by atoms with Crippen LogP contribution in [-0.2, 0) is 31.9 Å². The van der Waals surface area contributed by atoms with Crippen LogP contribution in [0.4, 0.5) is 0 Å². The van der Waals surface area contributed by atoms with E-state index in [0.29, 0.717) is 69.3 Å². The number of hydrogen-bond donors (Lipinski definition) is 0. The summed E-state index contributed by atoms with van der Waals surface area (Å²) in [6.07, 6.45) is 17.4. The molecule has 6 rings (SSSR count). The average molecular weight is 811 g/mol. The van der Waals surface area contributed by atoms with Gasteiger partial charge in [-0.15, -0.1) is 38.5 Å². The van der Waals surface area contributed by atoms with Crippen LogP contribution in [0.15, 0.2) is 22.9 Å². The fourth-order valence-electron chi connectivity index (χ4n) is 9.04. The maximum Gasteiger partial charge on any atom is 2.00 e. The first kappa shape index (κ1) is 45.7. The van der Waals surface area contributed by atoms with Crippen molar-refractivity contribution >= 4 is 70.9 Å². The van der Waals surface area contributed by atoms with E-state index < -0.39 is 17.9 Å². The summed E-state index contributed by atoms with van der Waals surface area (Å²) in [7, 11) is 1.28. The zero-order chi connectivity index (χ0) is 41.8. The Morgan fingerprint density at radius 1 is 0.881 bits per heavy atom. The van der Waals surface area contributed by atoms with Gasteiger partial charge in [-0.1, -0.05) is 117 Å². The van der Waals surface area contributed by atoms with Crippen molar-refractivity contribution in [1.82, 2.24) is 15.0 Å². The third-order valence-electron chi connectivity index (χ3n) is 12.5. The van der Waals surface area contributed by atoms with Crippen molar-refractivity contribution in [2.75, 3.05) is 13.7 Å². The monoisotopic (exact) mass is 810 g/mol. The van der Waals surface area contributed by atoms with Gasteiger partial charge in [-0.2, -0.15) is 0 Å². The maximum atomic E-state index is 14.3. The number of nitrogens with zero attached hydrogens (tertiary/aromatic N) is 4. The minimum absolute atomic E-state index is 0. The molecule has 1 aliphatic carbocycles. The largest absolute Gasteiger partial charge is 2.00 e. The molecular weight excluding hydrogens is 753 g/mol. The van der Waals surface area contributed by atoms with E-state index in [0.717, 1.165) is 58.0 Å². The summed E-state index contributed by atoms with van der Waals surface area (Å²) < 4.78 is 11.0. The molecule has 4 atom stereocenters. The van der Waals surface area contributed by atoms with E-state index in [9.17, 15) is 19.2 Å². The molecule has 0 fully saturated rings. The Morgan fingerprint density at radius 3 is 2.25 bits per heavy atom. The van der Waals surface area contributed by atoms with Gasteiger partial charge in [-0.25, -0.2) is 0 Å². The van der Waals surface area contributed by atoms with Crippen molar-refractivity contribution in [1.29, 1.82) is 0 Å². The van der Waals surface area contributed by atoms with Crippen LogP contribution in [0.5, 0.6) is 0 Å². The van der Waals surface area contributed by atoms with Gasteiger partial charge in [0, 0.05) is 17.5 Å². The SMILES string of the molecule is CCCC[C@@H](C)CCC/C(C)=C/COC(=O)CC[C@H]1C(C)=C2/C=c3\[n-]/c(c(CC)c3C)=C\c3[n-]c(c(CC)c3C=O)/C=c3\[n-]c4c(c3C)C(=O)[C@H](C(=O)OC)C=4C1[N-]2.[Mg+2]. The first-order valence-electron chi connectivity index (χ1n) is 21.1. The summed E-state index contributed by atoms with van der Waals surface area (Å²) in [4.78, 5) is 68.7. The first-order valence-corrected chi connectivity index (χ1v) is 21.1. The van der Waals surface area contributed by atoms with E-state index in [1.165, 1.54) is 38.4 Å². The minimum Gasteiger partial charge on any atom is -0.678 e. The molecule has 310 valence electrons. The Morgan fingerprint density at radius 2 is 1.58 bits per heavy atom. The van der Waals surface area contributed by atoms with Gasteiger partial charge in [0.2, 0.25) is 0 Å². The summed E-state index contributed by atoms with van der Waals surface area (Å²) in [5.41, 5.74) is 8.70. The number of unbranched alkanes of at least 4 members (excludes halogenated alkanes) is 1. The molecule has 0 saturated heterocycles. The molecule has 5 heterocycles. The quantitative estimate of drug-likeness (QED) is 0.0625. The molecule has 10 nitrogen and oxygen atoms in total. The zero-order valence-corrected chi connectivity index (χ0v) is 37.8. The van der Waals surface area contributed by atoms with Crippen LogP contribution in [0, 0.1) is 31.6 Å². The smallest absolute Gasteiger partial charge is 0.678 e. The third-order valence-corrected chi connectivity index (χ3v) is 12.5. The van der Waals surface area contributed by atoms with Crippen LogP contribution in [0.2, 0.25) is 0 Å². The first-order chi connectivity index (χ1) is 27.9. The van der Waals surface area contributed by atoms with Crippen molar-refractivity contribution in [3.63, 3.8) is 0 Å². The summed E-state index contributed by atoms with van der Waals surface area (Å²) in [6.45, 7) is 16.7. The molecule has 0 N–H and O–H groups in total. The predicted octanol–water partition coefficient (Wildman–Crippen LogP) is 5.23. The Balaban J connectivity index is 0.00000661. The summed E-state index contributed by atoms with van der Waals surface area (Å²) in [5.74, 6) is -2.22. The Hall–Kier alpha value is -4.35. The van der Waals surface area contributed by atoms with E-state index in [2.05, 4.69) is 27.7 Å². The molecular formula is C48H58MgN4O6-2. The number of fused-ring (bicyclic) bond motifs is 8. The van der Waals surface area contributed by atoms with E-state index in [-0.39, 0.29) is 53.8 Å². The molecule has 2 aliphatic heterocycles. The number of carbonyl (C=O) groups is 4. The molecule has 0 saturated carbocycles. The van der Waals surface area contributed by atoms with Gasteiger partial charge in [0.1, 0.15) is 18.8 Å². The van der Waals surface area contributed by atoms with Gasteiger partial charge >= 0.3 is 35.0 Å². The standard InChI is InChI=1S/C48H59N4O6.Mg/c1-10-13-15-26(4)16-14-17-27(5)20-21-58-41(54)19-18-33-29(7)36-22-35-28(6)31(11-2)38(49-35)24-40-34(25-53)32(12-3)39(50-40)23-37-30(8)42-46(52-37)43(45(33)51-36)44(47(42)55)48(56)57-9;/h20,22-26,33,44-45H,10-19,21H2,1-9H3,(H-,49,50,53,55);/q-3;+2/p-1/b27-20+,35-22-;/t26-,33+,44-,45?;/m1./s1. The topological polar surface area (TPSA) is 143 Å². The maximum absolute atomic E-state index is 14.3. The van der Waals surface area contributed by atoms with Crippen LogP contribution < -0.4 is 36.3 Å². The molecule has 11 heteroatoms. The van der Waals surface area contributed by atoms with E-state index in [1.807, 2.05) is 52.0 Å². The van der Waals surface area contributed by atoms with Crippen LogP contribution in [0.1, 0.15) is 147 Å². The number of aldehydes is 1. The molecule has 0 aromatic carbocycles. The van der Waals surface area contributed by atoms with E-state index in [4.69, 9.17) is 29.7 Å². The number of aromatic nitrogens is 3. The van der Waals surface area contributed by atoms with Crippen LogP contribution >= 0.6 is 0 Å². The Labute approximate surface area is 364 Å². The normalized spacial score (nSPS) is 20.5. The van der Waals surface area contributed by atoms with Crippen molar-refractivity contribution in [2.24, 2.45) is 17.8 Å². The second-order valence-corrected chi connectivity index (χ2v) is 16.3. The molecule has 3 aromatic rings. The summed E-state index contributed by atoms with van der Waals surface area (Å²) >= 11 is 0. The van der Waals surface area contributed by atoms with E-state index in [1.54, 1.807) is 0 Å². The van der Waals surface area contributed by atoms with Crippen LogP contribution in [-0.4, -0.2) is 66.8 Å². The average Bonchev–Trinajstić information content (AvgIpc) is 3.96. The van der Waals surface area contributed by atoms with Gasteiger partial charge in [-0.3, -0.25) is 19.2 Å². The van der Waals surface area contributed by atoms with Crippen molar-refractivity contribution in [3.8, 4) is 0 Å². The van der Waals surface area contributed by atoms with Gasteiger partial charge in [0.25, 0.3) is 0 Å². The number of rotatable bonds is 16. The van der Waals surface area contributed by atoms with Crippen molar-refractivity contribution < 1.29 is 28.7 Å². The number of carbonyl (C=O) groups excluding carboxylic acids is 4. The number of ketones is 1. The predicted molar refractivity (Wildman–Crippen MR) is 232 cm³/mol. The Bertz CT molecular complexity index is 2420. The number of hydrogen-bond acceptors (Lipinski definition) is 6. The molecule has 59 heavy (non-hydrogen) atoms. The van der Waals surface area contributed by atoms with Crippen molar-refractivity contribution in [2.45, 2.75) is 126 Å². The Kier molecular flexibility index (Phi) is 15.3. The number of esters is 2. The fraction of sp³-hybridized carbons (Fsp3) is 0.500. The zero-order valence-electron chi connectivity index (χ0n) is 36.4. The molecule has 0 radical (unpaired) electrons. The number of allylic oxidation sites excluding steroid dienone is 2. The molecule has 3 aromatic heterocycles. The van der Waals surface area contributed by atoms with Gasteiger partial charge in [0.15, 0.2) is 5.78 Å².